The predicted octanol–water partition coefficient (Wildman–Crippen LogP) is 2.90. The maximum Gasteiger partial charge on any atom is 0.238 e. The number of nitrogens with two attached hydrogens (primary N) is 1. The quantitative estimate of drug-likeness (QED) is 0.395. The third-order valence-corrected chi connectivity index (χ3v) is 4.68. The molecule has 0 saturated carbocycles. The molecular formula is C19H15N5O2. The molecule has 1 unspecified atom stereocenters. The average Bonchev–Trinajstić information content (AvgIpc) is 2.99. The van der Waals surface area contributed by atoms with Crippen molar-refractivity contribution in [2.24, 2.45) is 0 Å². The molecular weight excluding hydrogens is 330 g/mol. The topological polar surface area (TPSA) is 109 Å². The van der Waals surface area contributed by atoms with Crippen LogP contribution < -0.4 is 11.1 Å². The van der Waals surface area contributed by atoms with Crippen molar-refractivity contribution in [3.8, 4) is 22.8 Å². The van der Waals surface area contributed by atoms with Crippen molar-refractivity contribution in [3.63, 3.8) is 0 Å². The molecule has 2 aromatic carbocycles. The molecule has 4 aromatic rings. The Morgan fingerprint density at radius 2 is 1.88 bits per heavy atom. The van der Waals surface area contributed by atoms with E-state index < -0.39 is 0 Å². The fourth-order valence-electron chi connectivity index (χ4n) is 3.52. The van der Waals surface area contributed by atoms with Crippen molar-refractivity contribution in [1.29, 1.82) is 0 Å². The molecule has 2 aromatic heterocycles. The smallest absolute Gasteiger partial charge is 0.238 e. The number of hydrogen-bond acceptors (Lipinski definition) is 6. The van der Waals surface area contributed by atoms with E-state index in [9.17, 15) is 10.2 Å². The zero-order valence-electron chi connectivity index (χ0n) is 13.6. The second-order valence-electron chi connectivity index (χ2n) is 6.25. The molecule has 7 nitrogen and oxygen atoms in total. The van der Waals surface area contributed by atoms with Crippen LogP contribution in [0.5, 0.6) is 11.5 Å². The number of nitrogen functional groups attached to an aromatic ring is 1. The molecule has 0 radical (unpaired) electrons. The lowest BCUT2D eigenvalue weighted by atomic mass is 9.99. The number of phenolic OH excluding ortho intramolecular Hbond substituents is 2. The lowest BCUT2D eigenvalue weighted by Gasteiger charge is -2.19. The van der Waals surface area contributed by atoms with Crippen LogP contribution in [0, 0.1) is 0 Å². The van der Waals surface area contributed by atoms with Crippen LogP contribution >= 0.6 is 0 Å². The minimum Gasteiger partial charge on any atom is -0.504 e. The molecule has 1 atom stereocenters. The Morgan fingerprint density at radius 1 is 1.04 bits per heavy atom. The van der Waals surface area contributed by atoms with Gasteiger partial charge in [0, 0.05) is 23.0 Å². The highest BCUT2D eigenvalue weighted by Crippen LogP contribution is 2.42. The van der Waals surface area contributed by atoms with Crippen LogP contribution in [0.15, 0.2) is 54.7 Å². The zero-order chi connectivity index (χ0) is 17.8. The number of phenols is 2. The molecule has 0 saturated heterocycles. The normalized spacial score (nSPS) is 15.3. The van der Waals surface area contributed by atoms with Crippen molar-refractivity contribution in [2.45, 2.75) is 6.04 Å². The summed E-state index contributed by atoms with van der Waals surface area (Å²) in [7, 11) is 0. The van der Waals surface area contributed by atoms with Gasteiger partial charge in [0.05, 0.1) is 11.6 Å². The molecule has 7 heteroatoms. The van der Waals surface area contributed by atoms with E-state index in [1.165, 1.54) is 6.07 Å². The summed E-state index contributed by atoms with van der Waals surface area (Å²) in [5.41, 5.74) is 11.1. The van der Waals surface area contributed by atoms with Crippen LogP contribution in [0.2, 0.25) is 0 Å². The summed E-state index contributed by atoms with van der Waals surface area (Å²) in [6.07, 6.45) is 1.84. The minimum atomic E-state index is -0.249. The second-order valence-corrected chi connectivity index (χ2v) is 6.25. The standard InChI is InChI=1S/C19H15N5O2/c20-19-22-17-11-3-1-2-4-13(11)21-16(10-5-6-14(25)15(26)9-10)12-7-8-24(23-19)18(12)17/h1-9,16,21,25-26H,(H2,20,23). The number of nitrogens with one attached hydrogen (secondary N) is 1. The highest BCUT2D eigenvalue weighted by Gasteiger charge is 2.27. The molecule has 1 aliphatic rings. The summed E-state index contributed by atoms with van der Waals surface area (Å²) >= 11 is 0. The van der Waals surface area contributed by atoms with Gasteiger partial charge in [-0.2, -0.15) is 0 Å². The maximum absolute atomic E-state index is 9.95. The van der Waals surface area contributed by atoms with Gasteiger partial charge in [0.1, 0.15) is 5.69 Å². The van der Waals surface area contributed by atoms with Crippen molar-refractivity contribution in [2.75, 3.05) is 11.1 Å². The Morgan fingerprint density at radius 3 is 2.73 bits per heavy atom. The zero-order valence-corrected chi connectivity index (χ0v) is 13.6. The Hall–Kier alpha value is -3.74. The van der Waals surface area contributed by atoms with Crippen LogP contribution in [0.4, 0.5) is 11.6 Å². The maximum atomic E-state index is 9.95. The highest BCUT2D eigenvalue weighted by molar-refractivity contribution is 5.90. The van der Waals surface area contributed by atoms with Gasteiger partial charge in [-0.15, -0.1) is 5.10 Å². The van der Waals surface area contributed by atoms with E-state index in [1.54, 1.807) is 16.6 Å². The Bertz CT molecular complexity index is 1170. The summed E-state index contributed by atoms with van der Waals surface area (Å²) in [5.74, 6) is -0.113. The van der Waals surface area contributed by atoms with E-state index in [2.05, 4.69) is 15.4 Å². The van der Waals surface area contributed by atoms with Gasteiger partial charge in [0.25, 0.3) is 0 Å². The number of rotatable bonds is 1. The van der Waals surface area contributed by atoms with Crippen LogP contribution in [0.3, 0.4) is 0 Å². The molecule has 3 heterocycles. The van der Waals surface area contributed by atoms with Crippen molar-refractivity contribution in [1.82, 2.24) is 14.6 Å². The monoisotopic (exact) mass is 345 g/mol. The van der Waals surface area contributed by atoms with E-state index in [1.807, 2.05) is 36.5 Å². The van der Waals surface area contributed by atoms with Gasteiger partial charge < -0.3 is 21.3 Å². The summed E-state index contributed by atoms with van der Waals surface area (Å²) in [4.78, 5) is 4.48. The highest BCUT2D eigenvalue weighted by atomic mass is 16.3. The number of aromatic hydroxyl groups is 2. The molecule has 0 spiro atoms. The van der Waals surface area contributed by atoms with E-state index >= 15 is 0 Å². The van der Waals surface area contributed by atoms with Gasteiger partial charge in [-0.05, 0) is 29.8 Å². The van der Waals surface area contributed by atoms with Gasteiger partial charge in [0.15, 0.2) is 11.5 Å². The molecule has 5 N–H and O–H groups in total. The molecule has 1 aliphatic heterocycles. The van der Waals surface area contributed by atoms with E-state index in [0.717, 1.165) is 33.6 Å². The number of hydrogen-bond donors (Lipinski definition) is 4. The van der Waals surface area contributed by atoms with Crippen LogP contribution in [0.1, 0.15) is 17.2 Å². The Balaban J connectivity index is 1.84. The number of para-hydroxylation sites is 1. The predicted molar refractivity (Wildman–Crippen MR) is 98.1 cm³/mol. The molecule has 26 heavy (non-hydrogen) atoms. The molecule has 0 bridgehead atoms. The Labute approximate surface area is 148 Å². The molecule has 128 valence electrons. The van der Waals surface area contributed by atoms with Crippen molar-refractivity contribution >= 4 is 17.2 Å². The SMILES string of the molecule is Nc1nc2c3c(ccn3n1)C(c1ccc(O)c(O)c1)Nc1ccccc1-2. The summed E-state index contributed by atoms with van der Waals surface area (Å²) in [6.45, 7) is 0. The number of benzene rings is 2. The van der Waals surface area contributed by atoms with Crippen molar-refractivity contribution < 1.29 is 10.2 Å². The lowest BCUT2D eigenvalue weighted by molar-refractivity contribution is 0.403. The number of fused-ring (bicyclic) bond motifs is 2. The molecule has 0 aliphatic carbocycles. The van der Waals surface area contributed by atoms with E-state index in [4.69, 9.17) is 5.73 Å². The first-order valence-corrected chi connectivity index (χ1v) is 8.14. The van der Waals surface area contributed by atoms with E-state index in [-0.39, 0.29) is 23.5 Å². The van der Waals surface area contributed by atoms with Crippen LogP contribution in [-0.2, 0) is 0 Å². The van der Waals surface area contributed by atoms with Crippen LogP contribution in [-0.4, -0.2) is 24.8 Å². The third kappa shape index (κ3) is 2.00. The second kappa shape index (κ2) is 5.13. The fraction of sp³-hybridized carbons (Fsp3) is 0.0526. The largest absolute Gasteiger partial charge is 0.504 e. The van der Waals surface area contributed by atoms with E-state index in [0.29, 0.717) is 0 Å². The summed E-state index contributed by atoms with van der Waals surface area (Å²) < 4.78 is 1.73. The first-order valence-electron chi connectivity index (χ1n) is 8.14. The number of nitrogens with zero attached hydrogens (tertiary/aromatic N) is 3. The minimum absolute atomic E-state index is 0.152. The molecule has 5 rings (SSSR count). The van der Waals surface area contributed by atoms with Gasteiger partial charge >= 0.3 is 0 Å². The first-order chi connectivity index (χ1) is 12.6. The summed E-state index contributed by atoms with van der Waals surface area (Å²) in [5, 5.41) is 27.4. The third-order valence-electron chi connectivity index (χ3n) is 4.68. The van der Waals surface area contributed by atoms with Gasteiger partial charge in [-0.25, -0.2) is 9.50 Å². The summed E-state index contributed by atoms with van der Waals surface area (Å²) in [6, 6.07) is 14.4. The van der Waals surface area contributed by atoms with Crippen LogP contribution in [0.25, 0.3) is 16.8 Å². The average molecular weight is 345 g/mol. The number of aromatic nitrogens is 3. The fourth-order valence-corrected chi connectivity index (χ4v) is 3.52. The van der Waals surface area contributed by atoms with Crippen molar-refractivity contribution in [3.05, 3.63) is 65.9 Å². The van der Waals surface area contributed by atoms with Gasteiger partial charge in [-0.1, -0.05) is 24.3 Å². The first kappa shape index (κ1) is 14.6. The number of anilines is 2. The molecule has 0 fully saturated rings. The van der Waals surface area contributed by atoms with Gasteiger partial charge in [0.2, 0.25) is 5.95 Å². The molecule has 0 amide bonds. The lowest BCUT2D eigenvalue weighted by Crippen LogP contribution is -2.11. The Kier molecular flexibility index (Phi) is 2.88. The van der Waals surface area contributed by atoms with Gasteiger partial charge in [-0.3, -0.25) is 0 Å².